The minimum absolute atomic E-state index is 0.119. The molecule has 1 aromatic carbocycles. The second-order valence-electron chi connectivity index (χ2n) is 6.69. The summed E-state index contributed by atoms with van der Waals surface area (Å²) in [7, 11) is 0. The smallest absolute Gasteiger partial charge is 0.273 e. The number of hydrogen-bond donors (Lipinski definition) is 2. The van der Waals surface area contributed by atoms with Gasteiger partial charge in [-0.2, -0.15) is 5.10 Å². The van der Waals surface area contributed by atoms with Crippen LogP contribution in [0.3, 0.4) is 0 Å². The van der Waals surface area contributed by atoms with E-state index in [1.54, 1.807) is 31.2 Å². The Hall–Kier alpha value is -2.70. The van der Waals surface area contributed by atoms with E-state index < -0.39 is 11.3 Å². The molecule has 1 aliphatic rings. The fourth-order valence-corrected chi connectivity index (χ4v) is 3.32. The molecule has 0 bridgehead atoms. The summed E-state index contributed by atoms with van der Waals surface area (Å²) < 4.78 is 1.25. The quantitative estimate of drug-likeness (QED) is 0.831. The maximum atomic E-state index is 12.6. The number of hydrogen-bond acceptors (Lipinski definition) is 4. The highest BCUT2D eigenvalue weighted by Gasteiger charge is 2.36. The Morgan fingerprint density at radius 1 is 1.16 bits per heavy atom. The molecule has 1 aliphatic carbocycles. The van der Waals surface area contributed by atoms with Gasteiger partial charge in [0, 0.05) is 17.3 Å². The zero-order valence-electron chi connectivity index (χ0n) is 14.5. The van der Waals surface area contributed by atoms with Gasteiger partial charge in [-0.05, 0) is 25.8 Å². The standard InChI is InChI=1S/C18H22N4O3/c1-3-22-16(24)13-9-5-4-8-12(13)14(21-22)15(23)19-20-17(25)18(2)10-6-7-11-18/h4-5,8-9H,3,6-7,10-11H2,1-2H3,(H,19,23)(H,20,25). The molecule has 1 heterocycles. The first-order valence-electron chi connectivity index (χ1n) is 8.57. The lowest BCUT2D eigenvalue weighted by molar-refractivity contribution is -0.130. The summed E-state index contributed by atoms with van der Waals surface area (Å²) in [4.78, 5) is 37.2. The van der Waals surface area contributed by atoms with Crippen molar-refractivity contribution < 1.29 is 9.59 Å². The average Bonchev–Trinajstić information content (AvgIpc) is 3.08. The first-order chi connectivity index (χ1) is 12.0. The molecule has 0 unspecified atom stereocenters. The first-order valence-corrected chi connectivity index (χ1v) is 8.57. The maximum Gasteiger partial charge on any atom is 0.290 e. The van der Waals surface area contributed by atoms with Crippen molar-refractivity contribution in [3.05, 3.63) is 40.3 Å². The number of fused-ring (bicyclic) bond motifs is 1. The summed E-state index contributed by atoms with van der Waals surface area (Å²) in [6, 6.07) is 6.84. The van der Waals surface area contributed by atoms with Gasteiger partial charge in [-0.3, -0.25) is 25.2 Å². The molecule has 1 aromatic heterocycles. The van der Waals surface area contributed by atoms with Gasteiger partial charge in [-0.1, -0.05) is 38.0 Å². The fraction of sp³-hybridized carbons (Fsp3) is 0.444. The van der Waals surface area contributed by atoms with Crippen molar-refractivity contribution >= 4 is 22.6 Å². The van der Waals surface area contributed by atoms with E-state index in [9.17, 15) is 14.4 Å². The van der Waals surface area contributed by atoms with Crippen LogP contribution in [0.4, 0.5) is 0 Å². The van der Waals surface area contributed by atoms with Gasteiger partial charge in [0.05, 0.1) is 5.39 Å². The van der Waals surface area contributed by atoms with Crippen LogP contribution in [0.1, 0.15) is 50.0 Å². The predicted octanol–water partition coefficient (Wildman–Crippen LogP) is 1.76. The van der Waals surface area contributed by atoms with Crippen LogP contribution in [0, 0.1) is 5.41 Å². The molecule has 2 N–H and O–H groups in total. The number of amides is 2. The molecule has 7 heteroatoms. The van der Waals surface area contributed by atoms with E-state index in [1.165, 1.54) is 4.68 Å². The molecule has 3 rings (SSSR count). The number of rotatable bonds is 3. The molecule has 7 nitrogen and oxygen atoms in total. The van der Waals surface area contributed by atoms with Gasteiger partial charge < -0.3 is 0 Å². The SMILES string of the molecule is CCn1nc(C(=O)NNC(=O)C2(C)CCCC2)c2ccccc2c1=O. The molecule has 0 spiro atoms. The number of aromatic nitrogens is 2. The highest BCUT2D eigenvalue weighted by molar-refractivity contribution is 6.05. The number of nitrogens with one attached hydrogen (secondary N) is 2. The van der Waals surface area contributed by atoms with Gasteiger partial charge in [-0.15, -0.1) is 0 Å². The highest BCUT2D eigenvalue weighted by Crippen LogP contribution is 2.37. The number of aryl methyl sites for hydroxylation is 1. The summed E-state index contributed by atoms with van der Waals surface area (Å²) in [5.74, 6) is -0.722. The van der Waals surface area contributed by atoms with Crippen molar-refractivity contribution in [2.45, 2.75) is 46.1 Å². The molecule has 132 valence electrons. The summed E-state index contributed by atoms with van der Waals surface area (Å²) in [6.45, 7) is 4.05. The number of nitrogens with zero attached hydrogens (tertiary/aromatic N) is 2. The van der Waals surface area contributed by atoms with Gasteiger partial charge in [0.1, 0.15) is 0 Å². The lowest BCUT2D eigenvalue weighted by Crippen LogP contribution is -2.48. The topological polar surface area (TPSA) is 93.1 Å². The second-order valence-corrected chi connectivity index (χ2v) is 6.69. The molecule has 0 radical (unpaired) electrons. The molecule has 1 saturated carbocycles. The van der Waals surface area contributed by atoms with Crippen molar-refractivity contribution in [1.82, 2.24) is 20.6 Å². The molecule has 0 saturated heterocycles. The van der Waals surface area contributed by atoms with E-state index in [1.807, 2.05) is 6.92 Å². The van der Waals surface area contributed by atoms with Crippen molar-refractivity contribution in [3.8, 4) is 0 Å². The number of carbonyl (C=O) groups is 2. The largest absolute Gasteiger partial charge is 0.290 e. The van der Waals surface area contributed by atoms with Gasteiger partial charge in [-0.25, -0.2) is 4.68 Å². The second kappa shape index (κ2) is 6.66. The molecular formula is C18H22N4O3. The lowest BCUT2D eigenvalue weighted by atomic mass is 9.88. The van der Waals surface area contributed by atoms with E-state index in [0.29, 0.717) is 17.3 Å². The van der Waals surface area contributed by atoms with Crippen LogP contribution in [0.2, 0.25) is 0 Å². The Morgan fingerprint density at radius 2 is 1.80 bits per heavy atom. The van der Waals surface area contributed by atoms with Crippen LogP contribution in [-0.2, 0) is 11.3 Å². The van der Waals surface area contributed by atoms with Crippen LogP contribution >= 0.6 is 0 Å². The number of benzene rings is 1. The Bertz CT molecular complexity index is 882. The number of hydrazine groups is 1. The minimum atomic E-state index is -0.534. The van der Waals surface area contributed by atoms with Crippen molar-refractivity contribution in [1.29, 1.82) is 0 Å². The van der Waals surface area contributed by atoms with E-state index in [2.05, 4.69) is 16.0 Å². The molecule has 2 aromatic rings. The van der Waals surface area contributed by atoms with Crippen LogP contribution < -0.4 is 16.4 Å². The van der Waals surface area contributed by atoms with Crippen molar-refractivity contribution in [3.63, 3.8) is 0 Å². The molecule has 25 heavy (non-hydrogen) atoms. The summed E-state index contributed by atoms with van der Waals surface area (Å²) in [5.41, 5.74) is 4.40. The van der Waals surface area contributed by atoms with Crippen LogP contribution in [0.15, 0.2) is 29.1 Å². The third-order valence-corrected chi connectivity index (χ3v) is 4.93. The molecule has 0 aliphatic heterocycles. The van der Waals surface area contributed by atoms with Gasteiger partial charge in [0.2, 0.25) is 5.91 Å². The maximum absolute atomic E-state index is 12.6. The third-order valence-electron chi connectivity index (χ3n) is 4.93. The van der Waals surface area contributed by atoms with Gasteiger partial charge in [0.15, 0.2) is 5.69 Å². The van der Waals surface area contributed by atoms with E-state index in [-0.39, 0.29) is 17.2 Å². The summed E-state index contributed by atoms with van der Waals surface area (Å²) in [6.07, 6.45) is 3.67. The van der Waals surface area contributed by atoms with E-state index in [0.717, 1.165) is 25.7 Å². The van der Waals surface area contributed by atoms with Gasteiger partial charge >= 0.3 is 0 Å². The third kappa shape index (κ3) is 3.14. The van der Waals surface area contributed by atoms with Gasteiger partial charge in [0.25, 0.3) is 11.5 Å². The molecule has 2 amide bonds. The first kappa shape index (κ1) is 17.1. The van der Waals surface area contributed by atoms with E-state index in [4.69, 9.17) is 0 Å². The zero-order valence-corrected chi connectivity index (χ0v) is 14.5. The molecule has 0 atom stereocenters. The Morgan fingerprint density at radius 3 is 2.44 bits per heavy atom. The Kier molecular flexibility index (Phi) is 4.57. The fourth-order valence-electron chi connectivity index (χ4n) is 3.32. The average molecular weight is 342 g/mol. The monoisotopic (exact) mass is 342 g/mol. The van der Waals surface area contributed by atoms with Crippen LogP contribution in [0.25, 0.3) is 10.8 Å². The summed E-state index contributed by atoms with van der Waals surface area (Å²) in [5, 5.41) is 5.05. The lowest BCUT2D eigenvalue weighted by Gasteiger charge is -2.22. The van der Waals surface area contributed by atoms with Crippen molar-refractivity contribution in [2.75, 3.05) is 0 Å². The molecule has 1 fully saturated rings. The predicted molar refractivity (Wildman–Crippen MR) is 93.9 cm³/mol. The zero-order chi connectivity index (χ0) is 18.0. The highest BCUT2D eigenvalue weighted by atomic mass is 16.2. The van der Waals surface area contributed by atoms with Crippen LogP contribution in [0.5, 0.6) is 0 Å². The Labute approximate surface area is 145 Å². The summed E-state index contributed by atoms with van der Waals surface area (Å²) >= 11 is 0. The normalized spacial score (nSPS) is 15.9. The number of carbonyl (C=O) groups excluding carboxylic acids is 2. The minimum Gasteiger partial charge on any atom is -0.273 e. The van der Waals surface area contributed by atoms with Crippen LogP contribution in [-0.4, -0.2) is 21.6 Å². The Balaban J connectivity index is 1.86. The van der Waals surface area contributed by atoms with E-state index >= 15 is 0 Å². The molecular weight excluding hydrogens is 320 g/mol. The van der Waals surface area contributed by atoms with Crippen molar-refractivity contribution in [2.24, 2.45) is 5.41 Å².